The van der Waals surface area contributed by atoms with Crippen molar-refractivity contribution < 1.29 is 14.3 Å². The van der Waals surface area contributed by atoms with Gasteiger partial charge in [-0.2, -0.15) is 5.10 Å². The highest BCUT2D eigenvalue weighted by molar-refractivity contribution is 5.95. The molecule has 1 aliphatic rings. The highest BCUT2D eigenvalue weighted by atomic mass is 16.5. The van der Waals surface area contributed by atoms with Gasteiger partial charge in [0.25, 0.3) is 11.8 Å². The van der Waals surface area contributed by atoms with Crippen molar-refractivity contribution in [2.75, 3.05) is 33.3 Å². The number of methoxy groups -OCH3 is 1. The van der Waals surface area contributed by atoms with Crippen LogP contribution in [0.5, 0.6) is 5.75 Å². The smallest absolute Gasteiger partial charge is 0.257 e. The third kappa shape index (κ3) is 4.35. The maximum absolute atomic E-state index is 12.8. The summed E-state index contributed by atoms with van der Waals surface area (Å²) in [6.45, 7) is 2.65. The van der Waals surface area contributed by atoms with Crippen LogP contribution in [-0.2, 0) is 6.54 Å². The van der Waals surface area contributed by atoms with Gasteiger partial charge in [0.1, 0.15) is 5.75 Å². The van der Waals surface area contributed by atoms with Crippen molar-refractivity contribution >= 4 is 11.8 Å². The van der Waals surface area contributed by atoms with Gasteiger partial charge in [-0.1, -0.05) is 30.3 Å². The number of carbonyl (C=O) groups is 2. The first-order valence-electron chi connectivity index (χ1n) is 9.93. The number of aromatic nitrogens is 2. The van der Waals surface area contributed by atoms with E-state index in [1.54, 1.807) is 58.3 Å². The Morgan fingerprint density at radius 1 is 0.867 bits per heavy atom. The van der Waals surface area contributed by atoms with Crippen molar-refractivity contribution in [3.05, 3.63) is 83.7 Å². The summed E-state index contributed by atoms with van der Waals surface area (Å²) in [7, 11) is 1.60. The lowest BCUT2D eigenvalue weighted by atomic mass is 10.1. The summed E-state index contributed by atoms with van der Waals surface area (Å²) in [5.74, 6) is 0.640. The van der Waals surface area contributed by atoms with Crippen molar-refractivity contribution in [2.45, 2.75) is 6.54 Å². The van der Waals surface area contributed by atoms with Crippen LogP contribution in [0.4, 0.5) is 0 Å². The molecule has 1 aromatic heterocycles. The van der Waals surface area contributed by atoms with E-state index < -0.39 is 0 Å². The fourth-order valence-corrected chi connectivity index (χ4v) is 3.54. The minimum atomic E-state index is -0.0501. The van der Waals surface area contributed by atoms with E-state index in [1.807, 2.05) is 30.3 Å². The Morgan fingerprint density at radius 2 is 1.47 bits per heavy atom. The Hall–Kier alpha value is -3.61. The third-order valence-corrected chi connectivity index (χ3v) is 5.26. The Morgan fingerprint density at radius 3 is 2.07 bits per heavy atom. The van der Waals surface area contributed by atoms with Gasteiger partial charge < -0.3 is 14.5 Å². The van der Waals surface area contributed by atoms with Gasteiger partial charge in [-0.3, -0.25) is 14.3 Å². The van der Waals surface area contributed by atoms with Crippen LogP contribution < -0.4 is 4.74 Å². The summed E-state index contributed by atoms with van der Waals surface area (Å²) in [6.07, 6.45) is 3.39. The number of rotatable bonds is 5. The number of nitrogens with zero attached hydrogens (tertiary/aromatic N) is 4. The topological polar surface area (TPSA) is 67.7 Å². The first kappa shape index (κ1) is 19.7. The van der Waals surface area contributed by atoms with Crippen molar-refractivity contribution in [3.63, 3.8) is 0 Å². The fourth-order valence-electron chi connectivity index (χ4n) is 3.54. The number of hydrogen-bond acceptors (Lipinski definition) is 4. The van der Waals surface area contributed by atoms with Crippen LogP contribution in [0.15, 0.2) is 67.0 Å². The zero-order valence-electron chi connectivity index (χ0n) is 16.9. The minimum Gasteiger partial charge on any atom is -0.497 e. The summed E-state index contributed by atoms with van der Waals surface area (Å²) in [6, 6.07) is 17.1. The summed E-state index contributed by atoms with van der Waals surface area (Å²) in [5, 5.41) is 4.32. The molecule has 0 atom stereocenters. The molecule has 0 aliphatic carbocycles. The molecular weight excluding hydrogens is 380 g/mol. The number of carbonyl (C=O) groups excluding carboxylic acids is 2. The highest BCUT2D eigenvalue weighted by Crippen LogP contribution is 2.15. The van der Waals surface area contributed by atoms with Crippen LogP contribution in [0, 0.1) is 0 Å². The Bertz CT molecular complexity index is 1010. The molecule has 1 fully saturated rings. The molecule has 154 valence electrons. The van der Waals surface area contributed by atoms with E-state index in [1.165, 1.54) is 0 Å². The summed E-state index contributed by atoms with van der Waals surface area (Å²) in [5.41, 5.74) is 2.32. The molecule has 3 aromatic rings. The first-order valence-corrected chi connectivity index (χ1v) is 9.93. The van der Waals surface area contributed by atoms with Gasteiger partial charge in [-0.15, -0.1) is 0 Å². The lowest BCUT2D eigenvalue weighted by Gasteiger charge is -2.34. The van der Waals surface area contributed by atoms with Gasteiger partial charge >= 0.3 is 0 Å². The van der Waals surface area contributed by atoms with Crippen LogP contribution in [-0.4, -0.2) is 64.7 Å². The van der Waals surface area contributed by atoms with Crippen LogP contribution in [0.2, 0.25) is 0 Å². The van der Waals surface area contributed by atoms with Crippen molar-refractivity contribution in [1.82, 2.24) is 19.6 Å². The molecule has 2 amide bonds. The lowest BCUT2D eigenvalue weighted by Crippen LogP contribution is -2.50. The van der Waals surface area contributed by atoms with Crippen LogP contribution in [0.3, 0.4) is 0 Å². The molecule has 7 nitrogen and oxygen atoms in total. The molecule has 0 radical (unpaired) electrons. The van der Waals surface area contributed by atoms with Gasteiger partial charge in [0.2, 0.25) is 0 Å². The van der Waals surface area contributed by atoms with Crippen LogP contribution in [0.25, 0.3) is 0 Å². The fraction of sp³-hybridized carbons (Fsp3) is 0.261. The lowest BCUT2D eigenvalue weighted by molar-refractivity contribution is 0.0535. The first-order chi connectivity index (χ1) is 14.6. The monoisotopic (exact) mass is 404 g/mol. The number of hydrogen-bond donors (Lipinski definition) is 0. The van der Waals surface area contributed by atoms with E-state index in [2.05, 4.69) is 5.10 Å². The molecule has 0 bridgehead atoms. The normalized spacial score (nSPS) is 13.9. The molecule has 0 spiro atoms. The average molecular weight is 404 g/mol. The Balaban J connectivity index is 1.33. The van der Waals surface area contributed by atoms with E-state index in [9.17, 15) is 9.59 Å². The quantitative estimate of drug-likeness (QED) is 0.655. The molecule has 30 heavy (non-hydrogen) atoms. The Labute approximate surface area is 175 Å². The van der Waals surface area contributed by atoms with Crippen molar-refractivity contribution in [3.8, 4) is 5.75 Å². The van der Waals surface area contributed by atoms with E-state index in [-0.39, 0.29) is 11.8 Å². The second-order valence-corrected chi connectivity index (χ2v) is 7.23. The van der Waals surface area contributed by atoms with Gasteiger partial charge in [0.05, 0.1) is 25.4 Å². The number of piperazine rings is 1. The van der Waals surface area contributed by atoms with Crippen molar-refractivity contribution in [1.29, 1.82) is 0 Å². The van der Waals surface area contributed by atoms with Gasteiger partial charge in [-0.25, -0.2) is 0 Å². The SMILES string of the molecule is COc1ccc(C(=O)N2CCN(C(=O)c3cnn(Cc4ccccc4)c3)CC2)cc1. The largest absolute Gasteiger partial charge is 0.497 e. The minimum absolute atomic E-state index is 0.0274. The predicted molar refractivity (Wildman–Crippen MR) is 113 cm³/mol. The number of amides is 2. The second-order valence-electron chi connectivity index (χ2n) is 7.23. The van der Waals surface area contributed by atoms with E-state index >= 15 is 0 Å². The maximum atomic E-state index is 12.8. The molecule has 4 rings (SSSR count). The average Bonchev–Trinajstić information content (AvgIpc) is 3.27. The second kappa shape index (κ2) is 8.82. The van der Waals surface area contributed by atoms with Crippen LogP contribution >= 0.6 is 0 Å². The summed E-state index contributed by atoms with van der Waals surface area (Å²) in [4.78, 5) is 29.1. The third-order valence-electron chi connectivity index (χ3n) is 5.26. The number of ether oxygens (including phenoxy) is 1. The summed E-state index contributed by atoms with van der Waals surface area (Å²) >= 11 is 0. The maximum Gasteiger partial charge on any atom is 0.257 e. The zero-order valence-corrected chi connectivity index (χ0v) is 16.9. The molecule has 0 unspecified atom stereocenters. The van der Waals surface area contributed by atoms with Crippen LogP contribution in [0.1, 0.15) is 26.3 Å². The number of benzene rings is 2. The van der Waals surface area contributed by atoms with E-state index in [4.69, 9.17) is 4.74 Å². The van der Waals surface area contributed by atoms with Crippen molar-refractivity contribution in [2.24, 2.45) is 0 Å². The molecule has 7 heteroatoms. The molecular formula is C23H24N4O3. The molecule has 2 aromatic carbocycles. The summed E-state index contributed by atoms with van der Waals surface area (Å²) < 4.78 is 6.91. The van der Waals surface area contributed by atoms with Gasteiger partial charge in [0.15, 0.2) is 0 Å². The molecule has 2 heterocycles. The zero-order chi connectivity index (χ0) is 20.9. The predicted octanol–water partition coefficient (Wildman–Crippen LogP) is 2.54. The van der Waals surface area contributed by atoms with Gasteiger partial charge in [-0.05, 0) is 29.8 Å². The molecule has 0 saturated carbocycles. The van der Waals surface area contributed by atoms with E-state index in [0.717, 1.165) is 11.3 Å². The van der Waals surface area contributed by atoms with E-state index in [0.29, 0.717) is 43.9 Å². The molecule has 1 saturated heterocycles. The standard InChI is InChI=1S/C23H24N4O3/c1-30-21-9-7-19(8-10-21)22(28)25-11-13-26(14-12-25)23(29)20-15-24-27(17-20)16-18-5-3-2-4-6-18/h2-10,15,17H,11-14,16H2,1H3. The highest BCUT2D eigenvalue weighted by Gasteiger charge is 2.26. The molecule has 0 N–H and O–H groups in total. The molecule has 1 aliphatic heterocycles. The van der Waals surface area contributed by atoms with Gasteiger partial charge in [0, 0.05) is 37.9 Å². The Kier molecular flexibility index (Phi) is 5.79.